The van der Waals surface area contributed by atoms with E-state index in [1.807, 2.05) is 0 Å². The first-order chi connectivity index (χ1) is 31.9. The van der Waals surface area contributed by atoms with Crippen LogP contribution in [0.4, 0.5) is 0 Å². The average molecular weight is 963 g/mol. The third kappa shape index (κ3) is 7.72. The van der Waals surface area contributed by atoms with Crippen molar-refractivity contribution in [3.05, 3.63) is 38.0 Å². The quantitative estimate of drug-likeness (QED) is 0.131. The molecule has 11 rings (SSSR count). The molecular formula is C60H98O9. The second kappa shape index (κ2) is 16.7. The van der Waals surface area contributed by atoms with Crippen molar-refractivity contribution in [3.8, 4) is 0 Å². The molecule has 3 aliphatic heterocycles. The minimum absolute atomic E-state index is 0.0482. The van der Waals surface area contributed by atoms with Crippen LogP contribution in [0.3, 0.4) is 0 Å². The largest absolute Gasteiger partial charge is 0.393 e. The van der Waals surface area contributed by atoms with Crippen LogP contribution in [0, 0.1) is 79.8 Å². The number of rotatable bonds is 8. The molecule has 23 atom stereocenters. The summed E-state index contributed by atoms with van der Waals surface area (Å²) in [5, 5.41) is 61.8. The van der Waals surface area contributed by atoms with Gasteiger partial charge in [0.2, 0.25) is 0 Å². The minimum Gasteiger partial charge on any atom is -0.393 e. The summed E-state index contributed by atoms with van der Waals surface area (Å²) < 4.78 is 19.3. The van der Waals surface area contributed by atoms with Gasteiger partial charge < -0.3 is 44.8 Å². The third-order valence-corrected chi connectivity index (χ3v) is 25.0. The maximum absolute atomic E-state index is 10.7. The van der Waals surface area contributed by atoms with Gasteiger partial charge in [0.1, 0.15) is 16.8 Å². The second-order valence-corrected chi connectivity index (χ2v) is 28.8. The van der Waals surface area contributed by atoms with E-state index in [2.05, 4.69) is 89.0 Å². The smallest absolute Gasteiger partial charge is 0.131 e. The van der Waals surface area contributed by atoms with Crippen molar-refractivity contribution < 1.29 is 44.8 Å². The molecule has 0 aromatic carbocycles. The number of ether oxygens (including phenoxy) is 3. The van der Waals surface area contributed by atoms with Crippen molar-refractivity contribution in [1.29, 1.82) is 0 Å². The van der Waals surface area contributed by atoms with Crippen LogP contribution < -0.4 is 0 Å². The monoisotopic (exact) mass is 963 g/mol. The van der Waals surface area contributed by atoms with Gasteiger partial charge in [-0.05, 0) is 217 Å². The molecule has 392 valence electrons. The van der Waals surface area contributed by atoms with Gasteiger partial charge in [0.25, 0.3) is 0 Å². The van der Waals surface area contributed by atoms with E-state index in [4.69, 9.17) is 14.2 Å². The van der Waals surface area contributed by atoms with Crippen molar-refractivity contribution >= 4 is 0 Å². The molecule has 8 saturated carbocycles. The summed E-state index contributed by atoms with van der Waals surface area (Å²) in [7, 11) is 0. The third-order valence-electron chi connectivity index (χ3n) is 25.0. The molecule has 0 aromatic heterocycles. The molecule has 0 bridgehead atoms. The average Bonchev–Trinajstić information content (AvgIpc) is 3.95. The molecule has 3 saturated heterocycles. The van der Waals surface area contributed by atoms with Crippen molar-refractivity contribution in [2.75, 3.05) is 13.2 Å². The molecule has 9 heteroatoms. The summed E-state index contributed by atoms with van der Waals surface area (Å²) in [6.45, 7) is 36.0. The predicted molar refractivity (Wildman–Crippen MR) is 272 cm³/mol. The molecule has 11 aliphatic rings. The molecule has 2 unspecified atom stereocenters. The number of hydrogen-bond acceptors (Lipinski definition) is 9. The lowest BCUT2D eigenvalue weighted by Crippen LogP contribution is -2.59. The van der Waals surface area contributed by atoms with Crippen LogP contribution in [0.25, 0.3) is 0 Å². The van der Waals surface area contributed by atoms with E-state index in [9.17, 15) is 30.6 Å². The van der Waals surface area contributed by atoms with Crippen molar-refractivity contribution in [1.82, 2.24) is 0 Å². The zero-order valence-corrected chi connectivity index (χ0v) is 45.1. The molecule has 69 heavy (non-hydrogen) atoms. The van der Waals surface area contributed by atoms with E-state index in [-0.39, 0.29) is 65.3 Å². The van der Waals surface area contributed by atoms with Gasteiger partial charge in [0.15, 0.2) is 0 Å². The zero-order chi connectivity index (χ0) is 50.6. The number of aliphatic hydroxyl groups is 6. The summed E-state index contributed by atoms with van der Waals surface area (Å²) in [6, 6.07) is 0. The Bertz CT molecular complexity index is 1910. The van der Waals surface area contributed by atoms with Crippen LogP contribution in [0.15, 0.2) is 38.0 Å². The second-order valence-electron chi connectivity index (χ2n) is 28.8. The molecule has 11 fully saturated rings. The van der Waals surface area contributed by atoms with Crippen molar-refractivity contribution in [3.63, 3.8) is 0 Å². The highest BCUT2D eigenvalue weighted by atomic mass is 16.5. The normalized spacial score (nSPS) is 55.1. The van der Waals surface area contributed by atoms with Gasteiger partial charge in [-0.25, -0.2) is 0 Å². The van der Waals surface area contributed by atoms with E-state index < -0.39 is 16.8 Å². The highest BCUT2D eigenvalue weighted by Crippen LogP contribution is 2.77. The van der Waals surface area contributed by atoms with Crippen LogP contribution in [-0.2, 0) is 14.2 Å². The van der Waals surface area contributed by atoms with Crippen LogP contribution in [0.2, 0.25) is 0 Å². The van der Waals surface area contributed by atoms with Crippen LogP contribution in [-0.4, -0.2) is 102 Å². The maximum Gasteiger partial charge on any atom is 0.131 e. The molecule has 0 aromatic rings. The topological polar surface area (TPSA) is 149 Å². The molecule has 0 amide bonds. The van der Waals surface area contributed by atoms with E-state index in [0.29, 0.717) is 45.3 Å². The highest BCUT2D eigenvalue weighted by Gasteiger charge is 2.72. The Kier molecular flexibility index (Phi) is 12.7. The molecule has 3 heterocycles. The van der Waals surface area contributed by atoms with E-state index >= 15 is 0 Å². The Morgan fingerprint density at radius 3 is 1.19 bits per heavy atom. The Balaban J connectivity index is 0.000000129. The number of fused-ring (bicyclic) bond motifs is 13. The van der Waals surface area contributed by atoms with Gasteiger partial charge in [-0.15, -0.1) is 19.7 Å². The summed E-state index contributed by atoms with van der Waals surface area (Å²) in [4.78, 5) is 0. The minimum atomic E-state index is -1.31. The maximum atomic E-state index is 10.7. The lowest BCUT2D eigenvalue weighted by molar-refractivity contribution is -0.189. The molecule has 9 nitrogen and oxygen atoms in total. The van der Waals surface area contributed by atoms with Gasteiger partial charge in [-0.2, -0.15) is 0 Å². The first kappa shape index (κ1) is 52.7. The molecule has 8 aliphatic carbocycles. The summed E-state index contributed by atoms with van der Waals surface area (Å²) in [5.41, 5.74) is -2.26. The SMILES string of the molecule is C=C[C@@](O)(CO)[C@H]1C[C@@H]2[C@@]3(C)CCC4C[C@@]4(C)[C@@H]3CC[C@@]2(C)O1.C=C[C@](C)(O)[C@H]1C[C@@H]2[C@@]3(C)CC[C@H](O)C(C)(C)[C@@H]3CC[C@@]2(C)O1.C=C[C@](O)(CO)[C@@H]1C[C@@H]2[C@@]3(C)CCC4C[C@@]4(C)[C@@H]3CC[C@@]2(C)O1. The Morgan fingerprint density at radius 2 is 0.812 bits per heavy atom. The van der Waals surface area contributed by atoms with E-state index in [1.165, 1.54) is 63.5 Å². The fourth-order valence-corrected chi connectivity index (χ4v) is 20.2. The van der Waals surface area contributed by atoms with Crippen LogP contribution in [0.5, 0.6) is 0 Å². The molecule has 6 N–H and O–H groups in total. The van der Waals surface area contributed by atoms with E-state index in [0.717, 1.165) is 81.5 Å². The lowest BCUT2D eigenvalue weighted by atomic mass is 9.45. The van der Waals surface area contributed by atoms with Crippen LogP contribution >= 0.6 is 0 Å². The fourth-order valence-electron chi connectivity index (χ4n) is 20.2. The summed E-state index contributed by atoms with van der Waals surface area (Å²) in [5.74, 6) is 5.35. The predicted octanol–water partition coefficient (Wildman–Crippen LogP) is 10.3. The molecule has 0 spiro atoms. The zero-order valence-electron chi connectivity index (χ0n) is 45.1. The molecular weight excluding hydrogens is 865 g/mol. The summed E-state index contributed by atoms with van der Waals surface area (Å²) in [6.07, 6.45) is 22.9. The summed E-state index contributed by atoms with van der Waals surface area (Å²) >= 11 is 0. The van der Waals surface area contributed by atoms with Crippen molar-refractivity contribution in [2.45, 2.75) is 243 Å². The first-order valence-corrected chi connectivity index (χ1v) is 27.9. The standard InChI is InChI=1S/2C20H32O3.C20H34O3/c2*1-5-20(22,12-21)16-10-15-17(2)8-6-13-11-18(13,3)14(17)7-9-19(15,4)23-16;1-7-19(5,22)16-12-14-18(4)10-9-15(21)17(2,3)13(18)8-11-20(14,6)23-16/h2*5,13-16,21-22H,1,6-12H2,2-4H3;7,13-16,21-22H,1,8-12H2,2-6H3/t13?,14-,15-,16+,17+,18-,19-,20+;13?,14-,15-,16-,17+,18-,19-,20-;13-,14+,15-,16+,18-,19-,20+/m110/s1. The van der Waals surface area contributed by atoms with Gasteiger partial charge in [0, 0.05) is 0 Å². The van der Waals surface area contributed by atoms with Gasteiger partial charge >= 0.3 is 0 Å². The van der Waals surface area contributed by atoms with Crippen molar-refractivity contribution in [2.24, 2.45) is 79.8 Å². The fraction of sp³-hybridized carbons (Fsp3) is 0.900. The Labute approximate surface area is 417 Å². The van der Waals surface area contributed by atoms with E-state index in [1.54, 1.807) is 13.0 Å². The van der Waals surface area contributed by atoms with Gasteiger partial charge in [-0.3, -0.25) is 0 Å². The lowest BCUT2D eigenvalue weighted by Gasteiger charge is -2.61. The highest BCUT2D eigenvalue weighted by molar-refractivity contribution is 5.22. The number of aliphatic hydroxyl groups excluding tert-OH is 3. The van der Waals surface area contributed by atoms with Gasteiger partial charge in [-0.1, -0.05) is 66.7 Å². The molecule has 0 radical (unpaired) electrons. The Hall–Kier alpha value is -1.14. The van der Waals surface area contributed by atoms with Crippen LogP contribution in [0.1, 0.15) is 185 Å². The van der Waals surface area contributed by atoms with Gasteiger partial charge in [0.05, 0.1) is 54.4 Å². The Morgan fingerprint density at radius 1 is 0.464 bits per heavy atom. The first-order valence-electron chi connectivity index (χ1n) is 27.9. The number of hydrogen-bond donors (Lipinski definition) is 6.